The minimum Gasteiger partial charge on any atom is -0.478 e. The van der Waals surface area contributed by atoms with Crippen LogP contribution in [-0.2, 0) is 9.59 Å². The summed E-state index contributed by atoms with van der Waals surface area (Å²) >= 11 is 0. The summed E-state index contributed by atoms with van der Waals surface area (Å²) < 4.78 is 0. The Morgan fingerprint density at radius 2 is 1.71 bits per heavy atom. The van der Waals surface area contributed by atoms with Gasteiger partial charge in [-0.05, 0) is 32.4 Å². The first-order valence-electron chi connectivity index (χ1n) is 5.21. The largest absolute Gasteiger partial charge is 0.478 e. The minimum absolute atomic E-state index is 0.0519. The molecule has 0 aliphatic rings. The maximum Gasteiger partial charge on any atom is 0.331 e. The monoisotopic (exact) mass is 233 g/mol. The fourth-order valence-electron chi connectivity index (χ4n) is 1.26. The van der Waals surface area contributed by atoms with Crippen LogP contribution < -0.4 is 5.32 Å². The summed E-state index contributed by atoms with van der Waals surface area (Å²) in [5.41, 5.74) is 1.88. The molecule has 90 valence electrons. The van der Waals surface area contributed by atoms with Crippen molar-refractivity contribution in [3.8, 4) is 0 Å². The molecule has 1 aromatic carbocycles. The number of hydrogen-bond acceptors (Lipinski definition) is 2. The number of rotatable bonds is 3. The van der Waals surface area contributed by atoms with Crippen LogP contribution in [0.15, 0.2) is 35.4 Å². The van der Waals surface area contributed by atoms with E-state index in [1.54, 1.807) is 6.07 Å². The zero-order valence-electron chi connectivity index (χ0n) is 10.1. The highest BCUT2D eigenvalue weighted by Gasteiger charge is 2.13. The number of anilines is 1. The molecular weight excluding hydrogens is 218 g/mol. The number of amides is 1. The van der Waals surface area contributed by atoms with E-state index in [0.717, 1.165) is 5.56 Å². The normalized spacial score (nSPS) is 11.7. The van der Waals surface area contributed by atoms with E-state index >= 15 is 0 Å². The Bertz CT molecular complexity index is 489. The van der Waals surface area contributed by atoms with Crippen LogP contribution in [0.5, 0.6) is 0 Å². The molecule has 1 amide bonds. The molecule has 4 nitrogen and oxygen atoms in total. The van der Waals surface area contributed by atoms with Crippen LogP contribution in [0.3, 0.4) is 0 Å². The quantitative estimate of drug-likeness (QED) is 0.787. The van der Waals surface area contributed by atoms with Crippen LogP contribution >= 0.6 is 0 Å². The lowest BCUT2D eigenvalue weighted by molar-refractivity contribution is -0.133. The molecule has 0 aliphatic carbocycles. The molecule has 1 aromatic rings. The van der Waals surface area contributed by atoms with E-state index in [2.05, 4.69) is 5.32 Å². The van der Waals surface area contributed by atoms with Crippen LogP contribution in [-0.4, -0.2) is 17.0 Å². The number of aliphatic carboxylic acids is 1. The van der Waals surface area contributed by atoms with Gasteiger partial charge >= 0.3 is 5.97 Å². The number of aryl methyl sites for hydroxylation is 1. The second kappa shape index (κ2) is 5.30. The Morgan fingerprint density at radius 3 is 2.24 bits per heavy atom. The van der Waals surface area contributed by atoms with Crippen molar-refractivity contribution in [3.05, 3.63) is 41.0 Å². The summed E-state index contributed by atoms with van der Waals surface area (Å²) in [7, 11) is 0. The first kappa shape index (κ1) is 13.0. The van der Waals surface area contributed by atoms with Crippen molar-refractivity contribution in [2.45, 2.75) is 20.8 Å². The van der Waals surface area contributed by atoms with Crippen molar-refractivity contribution < 1.29 is 14.7 Å². The van der Waals surface area contributed by atoms with Gasteiger partial charge in [-0.25, -0.2) is 4.79 Å². The Balaban J connectivity index is 2.91. The fraction of sp³-hybridized carbons (Fsp3) is 0.231. The maximum atomic E-state index is 11.8. The molecule has 2 N–H and O–H groups in total. The first-order valence-corrected chi connectivity index (χ1v) is 5.21. The van der Waals surface area contributed by atoms with Gasteiger partial charge in [-0.1, -0.05) is 18.2 Å². The van der Waals surface area contributed by atoms with E-state index < -0.39 is 5.97 Å². The number of carboxylic acid groups (broad SMARTS) is 1. The highest BCUT2D eigenvalue weighted by atomic mass is 16.4. The summed E-state index contributed by atoms with van der Waals surface area (Å²) in [6.07, 6.45) is 0. The number of carbonyl (C=O) groups is 2. The van der Waals surface area contributed by atoms with Crippen LogP contribution in [0.4, 0.5) is 5.69 Å². The van der Waals surface area contributed by atoms with Gasteiger partial charge in [0.1, 0.15) is 0 Å². The van der Waals surface area contributed by atoms with Gasteiger partial charge in [0.2, 0.25) is 0 Å². The third-order valence-electron chi connectivity index (χ3n) is 2.62. The first-order chi connectivity index (χ1) is 7.93. The van der Waals surface area contributed by atoms with E-state index in [-0.39, 0.29) is 17.1 Å². The topological polar surface area (TPSA) is 66.4 Å². The maximum absolute atomic E-state index is 11.8. The lowest BCUT2D eigenvalue weighted by Crippen LogP contribution is -2.16. The van der Waals surface area contributed by atoms with Crippen molar-refractivity contribution in [3.63, 3.8) is 0 Å². The lowest BCUT2D eigenvalue weighted by atomic mass is 10.1. The van der Waals surface area contributed by atoms with Gasteiger partial charge in [0.15, 0.2) is 0 Å². The molecule has 17 heavy (non-hydrogen) atoms. The van der Waals surface area contributed by atoms with E-state index in [1.165, 1.54) is 13.8 Å². The molecule has 1 rings (SSSR count). The SMILES string of the molecule is C/C(C(=O)O)=C(\C)C(=O)Nc1ccccc1C. The van der Waals surface area contributed by atoms with Crippen molar-refractivity contribution in [2.24, 2.45) is 0 Å². The second-order valence-corrected chi connectivity index (χ2v) is 3.82. The summed E-state index contributed by atoms with van der Waals surface area (Å²) in [6, 6.07) is 7.33. The van der Waals surface area contributed by atoms with Crippen molar-refractivity contribution in [1.29, 1.82) is 0 Å². The van der Waals surface area contributed by atoms with Gasteiger partial charge in [0, 0.05) is 16.8 Å². The third-order valence-corrected chi connectivity index (χ3v) is 2.62. The Kier molecular flexibility index (Phi) is 4.04. The zero-order chi connectivity index (χ0) is 13.0. The molecule has 0 saturated carbocycles. The molecule has 4 heteroatoms. The van der Waals surface area contributed by atoms with Crippen molar-refractivity contribution >= 4 is 17.6 Å². The fourth-order valence-corrected chi connectivity index (χ4v) is 1.26. The number of para-hydroxylation sites is 1. The van der Waals surface area contributed by atoms with E-state index in [1.807, 2.05) is 25.1 Å². The van der Waals surface area contributed by atoms with Gasteiger partial charge in [-0.2, -0.15) is 0 Å². The molecule has 0 spiro atoms. The summed E-state index contributed by atoms with van der Waals surface area (Å²) in [6.45, 7) is 4.78. The average Bonchev–Trinajstić information content (AvgIpc) is 2.30. The number of carbonyl (C=O) groups excluding carboxylic acids is 1. The van der Waals surface area contributed by atoms with Crippen molar-refractivity contribution in [2.75, 3.05) is 5.32 Å². The van der Waals surface area contributed by atoms with E-state index in [0.29, 0.717) is 5.69 Å². The van der Waals surface area contributed by atoms with Crippen LogP contribution in [0, 0.1) is 6.92 Å². The van der Waals surface area contributed by atoms with Gasteiger partial charge in [0.05, 0.1) is 0 Å². The molecule has 0 radical (unpaired) electrons. The smallest absolute Gasteiger partial charge is 0.331 e. The van der Waals surface area contributed by atoms with Crippen LogP contribution in [0.25, 0.3) is 0 Å². The van der Waals surface area contributed by atoms with Gasteiger partial charge in [0.25, 0.3) is 5.91 Å². The zero-order valence-corrected chi connectivity index (χ0v) is 10.1. The Hall–Kier alpha value is -2.10. The third kappa shape index (κ3) is 3.17. The second-order valence-electron chi connectivity index (χ2n) is 3.82. The highest BCUT2D eigenvalue weighted by molar-refractivity contribution is 6.08. The molecule has 0 heterocycles. The number of hydrogen-bond donors (Lipinski definition) is 2. The molecular formula is C13H15NO3. The van der Waals surface area contributed by atoms with Crippen LogP contribution in [0.2, 0.25) is 0 Å². The molecule has 0 aromatic heterocycles. The van der Waals surface area contributed by atoms with Gasteiger partial charge < -0.3 is 10.4 Å². The standard InChI is InChI=1S/C13H15NO3/c1-8-6-4-5-7-11(8)14-12(15)9(2)10(3)13(16)17/h4-7H,1-3H3,(H,14,15)(H,16,17)/b10-9-. The van der Waals surface area contributed by atoms with Crippen molar-refractivity contribution in [1.82, 2.24) is 0 Å². The Labute approximate surface area is 100.0 Å². The summed E-state index contributed by atoms with van der Waals surface area (Å²) in [5.74, 6) is -1.47. The lowest BCUT2D eigenvalue weighted by Gasteiger charge is -2.09. The minimum atomic E-state index is -1.08. The number of carboxylic acids is 1. The molecule has 0 bridgehead atoms. The van der Waals surface area contributed by atoms with E-state index in [9.17, 15) is 9.59 Å². The van der Waals surface area contributed by atoms with E-state index in [4.69, 9.17) is 5.11 Å². The molecule has 0 fully saturated rings. The van der Waals surface area contributed by atoms with Gasteiger partial charge in [-0.3, -0.25) is 4.79 Å². The molecule has 0 atom stereocenters. The number of nitrogens with one attached hydrogen (secondary N) is 1. The Morgan fingerprint density at radius 1 is 1.12 bits per heavy atom. The molecule has 0 unspecified atom stereocenters. The van der Waals surface area contributed by atoms with Gasteiger partial charge in [-0.15, -0.1) is 0 Å². The average molecular weight is 233 g/mol. The summed E-state index contributed by atoms with van der Waals surface area (Å²) in [5, 5.41) is 11.5. The molecule has 0 saturated heterocycles. The number of benzene rings is 1. The summed E-state index contributed by atoms with van der Waals surface area (Å²) in [4.78, 5) is 22.5. The molecule has 0 aliphatic heterocycles. The predicted molar refractivity (Wildman–Crippen MR) is 65.8 cm³/mol. The highest BCUT2D eigenvalue weighted by Crippen LogP contribution is 2.15. The van der Waals surface area contributed by atoms with Crippen LogP contribution in [0.1, 0.15) is 19.4 Å². The predicted octanol–water partition coefficient (Wildman–Crippen LogP) is 2.35.